The molecule has 7 rings (SSSR count). The molecule has 5 heterocycles. The third kappa shape index (κ3) is 6.17. The van der Waals surface area contributed by atoms with Crippen molar-refractivity contribution in [2.45, 2.75) is 62.7 Å². The number of nitriles is 1. The molecule has 2 aromatic carbocycles. The molecule has 0 N–H and O–H groups in total. The van der Waals surface area contributed by atoms with Gasteiger partial charge in [-0.3, -0.25) is 9.69 Å². The molecule has 3 aromatic rings. The summed E-state index contributed by atoms with van der Waals surface area (Å²) in [6.07, 6.45) is 4.82. The highest BCUT2D eigenvalue weighted by Crippen LogP contribution is 2.43. The van der Waals surface area contributed by atoms with Gasteiger partial charge in [-0.1, -0.05) is 36.4 Å². The summed E-state index contributed by atoms with van der Waals surface area (Å²) in [7, 11) is 1.74. The minimum atomic E-state index is -1.04. The number of piperazine rings is 1. The van der Waals surface area contributed by atoms with Gasteiger partial charge >= 0.3 is 6.01 Å². The molecule has 2 unspecified atom stereocenters. The van der Waals surface area contributed by atoms with E-state index in [1.54, 1.807) is 13.2 Å². The standard InChI is InChI=1S/C36H40ClF2N7O3/c1-23(38)34(47)45-18-17-44(19-25(45)10-14-40)33-27-11-16-43(30-6-3-5-24-7-8-28(39)32(37)31(24)30)20-29(27)41-35(42-33)49-22-36-12-4-15-46(36)26(9-13-36)21-48-2/h3,5-8,25-26H,1,4,9-13,15-22H2,2H3/t25-,26?,36?/m0/s1. The Labute approximate surface area is 289 Å². The van der Waals surface area contributed by atoms with E-state index in [-0.39, 0.29) is 29.5 Å². The van der Waals surface area contributed by atoms with Crippen LogP contribution < -0.4 is 14.5 Å². The van der Waals surface area contributed by atoms with Crippen LogP contribution in [0.25, 0.3) is 10.8 Å². The molecule has 0 saturated carbocycles. The number of methoxy groups -OCH3 is 1. The van der Waals surface area contributed by atoms with Crippen molar-refractivity contribution in [2.24, 2.45) is 0 Å². The predicted octanol–water partition coefficient (Wildman–Crippen LogP) is 5.42. The summed E-state index contributed by atoms with van der Waals surface area (Å²) < 4.78 is 40.6. The number of hydrogen-bond acceptors (Lipinski definition) is 9. The van der Waals surface area contributed by atoms with E-state index in [9.17, 15) is 18.8 Å². The summed E-state index contributed by atoms with van der Waals surface area (Å²) in [5.41, 5.74) is 2.45. The fraction of sp³-hybridized carbons (Fsp3) is 0.500. The maximum absolute atomic E-state index is 14.7. The topological polar surface area (TPSA) is 98.1 Å². The first-order chi connectivity index (χ1) is 23.7. The van der Waals surface area contributed by atoms with Crippen LogP contribution in [0.2, 0.25) is 5.02 Å². The molecule has 4 aliphatic rings. The second kappa shape index (κ2) is 13.7. The summed E-state index contributed by atoms with van der Waals surface area (Å²) in [4.78, 5) is 30.7. The Morgan fingerprint density at radius 2 is 2.00 bits per heavy atom. The van der Waals surface area contributed by atoms with Gasteiger partial charge in [0.1, 0.15) is 18.2 Å². The number of halogens is 3. The normalized spacial score (nSPS) is 23.8. The van der Waals surface area contributed by atoms with Crippen molar-refractivity contribution in [1.29, 1.82) is 5.26 Å². The minimum absolute atomic E-state index is 0.0410. The number of anilines is 2. The van der Waals surface area contributed by atoms with Crippen LogP contribution in [0.4, 0.5) is 20.3 Å². The Bertz CT molecular complexity index is 1820. The first kappa shape index (κ1) is 33.4. The lowest BCUT2D eigenvalue weighted by atomic mass is 9.95. The van der Waals surface area contributed by atoms with Gasteiger partial charge in [-0.05, 0) is 56.2 Å². The highest BCUT2D eigenvalue weighted by Gasteiger charge is 2.50. The van der Waals surface area contributed by atoms with E-state index in [2.05, 4.69) is 27.3 Å². The summed E-state index contributed by atoms with van der Waals surface area (Å²) in [6, 6.07) is 11.2. The zero-order valence-corrected chi connectivity index (χ0v) is 28.4. The van der Waals surface area contributed by atoms with Gasteiger partial charge in [-0.2, -0.15) is 15.2 Å². The lowest BCUT2D eigenvalue weighted by Gasteiger charge is -2.42. The number of carbonyl (C=O) groups is 1. The van der Waals surface area contributed by atoms with Crippen molar-refractivity contribution >= 4 is 39.8 Å². The van der Waals surface area contributed by atoms with Crippen LogP contribution in [0.5, 0.6) is 6.01 Å². The highest BCUT2D eigenvalue weighted by atomic mass is 35.5. The number of ether oxygens (including phenoxy) is 2. The molecule has 1 amide bonds. The molecule has 1 aromatic heterocycles. The molecule has 4 aliphatic heterocycles. The van der Waals surface area contributed by atoms with Gasteiger partial charge in [0.2, 0.25) is 0 Å². The molecule has 3 fully saturated rings. The predicted molar refractivity (Wildman–Crippen MR) is 183 cm³/mol. The maximum atomic E-state index is 14.7. The maximum Gasteiger partial charge on any atom is 0.318 e. The zero-order chi connectivity index (χ0) is 34.3. The second-order valence-electron chi connectivity index (χ2n) is 13.5. The quantitative estimate of drug-likeness (QED) is 0.273. The molecule has 258 valence electrons. The average molecular weight is 692 g/mol. The van der Waals surface area contributed by atoms with E-state index in [0.29, 0.717) is 63.1 Å². The van der Waals surface area contributed by atoms with Crippen molar-refractivity contribution in [3.8, 4) is 12.1 Å². The molecular weight excluding hydrogens is 652 g/mol. The minimum Gasteiger partial charge on any atom is -0.461 e. The van der Waals surface area contributed by atoms with Crippen molar-refractivity contribution < 1.29 is 23.0 Å². The van der Waals surface area contributed by atoms with Gasteiger partial charge < -0.3 is 24.2 Å². The summed E-state index contributed by atoms with van der Waals surface area (Å²) in [5.74, 6) is -1.61. The lowest BCUT2D eigenvalue weighted by Crippen LogP contribution is -2.55. The molecule has 49 heavy (non-hydrogen) atoms. The Hall–Kier alpha value is -4.05. The number of rotatable bonds is 9. The Balaban J connectivity index is 1.23. The van der Waals surface area contributed by atoms with E-state index < -0.39 is 23.6 Å². The third-order valence-corrected chi connectivity index (χ3v) is 11.1. The Morgan fingerprint density at radius 3 is 2.80 bits per heavy atom. The molecule has 3 atom stereocenters. The number of benzene rings is 2. The second-order valence-corrected chi connectivity index (χ2v) is 13.9. The van der Waals surface area contributed by atoms with Gasteiger partial charge in [-0.15, -0.1) is 0 Å². The van der Waals surface area contributed by atoms with Crippen molar-refractivity contribution in [3.63, 3.8) is 0 Å². The fourth-order valence-electron chi connectivity index (χ4n) is 8.41. The molecule has 3 saturated heterocycles. The molecule has 0 radical (unpaired) electrons. The van der Waals surface area contributed by atoms with Crippen LogP contribution in [-0.4, -0.2) is 96.3 Å². The highest BCUT2D eigenvalue weighted by molar-refractivity contribution is 6.36. The van der Waals surface area contributed by atoms with Crippen LogP contribution in [0.15, 0.2) is 42.7 Å². The van der Waals surface area contributed by atoms with Crippen molar-refractivity contribution in [3.05, 3.63) is 64.8 Å². The molecule has 10 nitrogen and oxygen atoms in total. The number of hydrogen-bond donors (Lipinski definition) is 0. The molecule has 0 bridgehead atoms. The lowest BCUT2D eigenvalue weighted by molar-refractivity contribution is -0.131. The SMILES string of the molecule is C=C(F)C(=O)N1CCN(c2nc(OCC34CCCN3C(COC)CC4)nc3c2CCN(c2cccc4ccc(F)c(Cl)c24)C3)C[C@@H]1CC#N. The number of amides is 1. The number of aromatic nitrogens is 2. The smallest absolute Gasteiger partial charge is 0.318 e. The van der Waals surface area contributed by atoms with Crippen LogP contribution >= 0.6 is 11.6 Å². The van der Waals surface area contributed by atoms with Crippen LogP contribution in [-0.2, 0) is 22.5 Å². The van der Waals surface area contributed by atoms with Gasteiger partial charge in [0.05, 0.1) is 47.9 Å². The zero-order valence-electron chi connectivity index (χ0n) is 27.6. The summed E-state index contributed by atoms with van der Waals surface area (Å²) in [6.45, 7) is 7.26. The van der Waals surface area contributed by atoms with Crippen molar-refractivity contribution in [2.75, 3.05) is 62.8 Å². The van der Waals surface area contributed by atoms with E-state index >= 15 is 0 Å². The van der Waals surface area contributed by atoms with E-state index in [4.69, 9.17) is 31.0 Å². The summed E-state index contributed by atoms with van der Waals surface area (Å²) >= 11 is 6.53. The van der Waals surface area contributed by atoms with Gasteiger partial charge in [0.25, 0.3) is 5.91 Å². The fourth-order valence-corrected chi connectivity index (χ4v) is 8.68. The molecule has 13 heteroatoms. The molecule has 0 aliphatic carbocycles. The Morgan fingerprint density at radius 1 is 1.14 bits per heavy atom. The van der Waals surface area contributed by atoms with Crippen molar-refractivity contribution in [1.82, 2.24) is 19.8 Å². The monoisotopic (exact) mass is 691 g/mol. The van der Waals surface area contributed by atoms with Gasteiger partial charge in [-0.25, -0.2) is 8.78 Å². The Kier molecular flexibility index (Phi) is 9.35. The number of fused-ring (bicyclic) bond motifs is 3. The third-order valence-electron chi connectivity index (χ3n) is 10.7. The summed E-state index contributed by atoms with van der Waals surface area (Å²) in [5, 5.41) is 11.2. The van der Waals surface area contributed by atoms with Gasteiger partial charge in [0, 0.05) is 56.0 Å². The molecule has 0 spiro atoms. The molecular formula is C36H40ClF2N7O3. The first-order valence-electron chi connectivity index (χ1n) is 16.9. The van der Waals surface area contributed by atoms with Crippen LogP contribution in [0.3, 0.4) is 0 Å². The number of carbonyl (C=O) groups excluding carboxylic acids is 1. The van der Waals surface area contributed by atoms with E-state index in [0.717, 1.165) is 54.6 Å². The first-order valence-corrected chi connectivity index (χ1v) is 17.3. The largest absolute Gasteiger partial charge is 0.461 e. The number of nitrogens with zero attached hydrogens (tertiary/aromatic N) is 7. The average Bonchev–Trinajstić information content (AvgIpc) is 3.68. The van der Waals surface area contributed by atoms with Crippen LogP contribution in [0, 0.1) is 17.1 Å². The van der Waals surface area contributed by atoms with Gasteiger partial charge in [0.15, 0.2) is 5.83 Å². The van der Waals surface area contributed by atoms with E-state index in [1.165, 1.54) is 11.0 Å². The van der Waals surface area contributed by atoms with Crippen LogP contribution in [0.1, 0.15) is 43.4 Å². The van der Waals surface area contributed by atoms with E-state index in [1.807, 2.05) is 18.2 Å².